The number of nitrogens with zero attached hydrogens (tertiary/aromatic N) is 1. The van der Waals surface area contributed by atoms with E-state index >= 15 is 0 Å². The molecule has 1 fully saturated rings. The lowest BCUT2D eigenvalue weighted by Gasteiger charge is -2.19. The molecule has 120 valence electrons. The molecule has 0 N–H and O–H groups in total. The summed E-state index contributed by atoms with van der Waals surface area (Å²) >= 11 is 4.24. The largest absolute Gasteiger partial charge is 0.295 e. The molecule has 0 aromatic heterocycles. The summed E-state index contributed by atoms with van der Waals surface area (Å²) in [4.78, 5) is 2.33. The Kier molecular flexibility index (Phi) is 8.93. The van der Waals surface area contributed by atoms with Crippen LogP contribution in [0.5, 0.6) is 0 Å². The Morgan fingerprint density at radius 1 is 1.14 bits per heavy atom. The van der Waals surface area contributed by atoms with Crippen molar-refractivity contribution in [1.82, 2.24) is 4.90 Å². The summed E-state index contributed by atoms with van der Waals surface area (Å²) < 4.78 is 0.798. The second kappa shape index (κ2) is 11.0. The normalized spacial score (nSPS) is 15.5. The molecule has 3 heteroatoms. The Morgan fingerprint density at radius 3 is 2.68 bits per heavy atom. The Labute approximate surface area is 144 Å². The first-order valence-corrected chi connectivity index (χ1v) is 10.4. The van der Waals surface area contributed by atoms with Crippen LogP contribution in [0.4, 0.5) is 0 Å². The van der Waals surface area contributed by atoms with E-state index in [1.807, 2.05) is 0 Å². The highest BCUT2D eigenvalue weighted by Crippen LogP contribution is 2.33. The minimum absolute atomic E-state index is 0.798. The van der Waals surface area contributed by atoms with Crippen LogP contribution in [0.3, 0.4) is 0 Å². The van der Waals surface area contributed by atoms with Crippen molar-refractivity contribution in [2.45, 2.75) is 36.7 Å². The minimum Gasteiger partial charge on any atom is -0.295 e. The fourth-order valence-electron chi connectivity index (χ4n) is 2.45. The molecule has 1 nitrogen and oxygen atoms in total. The second-order valence-electron chi connectivity index (χ2n) is 5.74. The number of rotatable bonds is 7. The standard InChI is InChI=1S/C19H27NS2/c1-20(15-8-12-18-10-4-2-5-11-18)14-7-3-6-13-19-21-16-9-17-22-19/h2,4-5,10-11,19H,6,8-9,12-17H2,1H3. The number of hydrogen-bond acceptors (Lipinski definition) is 3. The predicted molar refractivity (Wildman–Crippen MR) is 103 cm³/mol. The molecule has 1 heterocycles. The van der Waals surface area contributed by atoms with Crippen LogP contribution >= 0.6 is 23.5 Å². The zero-order valence-electron chi connectivity index (χ0n) is 13.6. The van der Waals surface area contributed by atoms with Crippen molar-refractivity contribution in [3.8, 4) is 11.8 Å². The van der Waals surface area contributed by atoms with E-state index in [0.29, 0.717) is 0 Å². The molecule has 0 spiro atoms. The van der Waals surface area contributed by atoms with Crippen LogP contribution in [0, 0.1) is 11.8 Å². The van der Waals surface area contributed by atoms with Gasteiger partial charge >= 0.3 is 0 Å². The summed E-state index contributed by atoms with van der Waals surface area (Å²) in [6.45, 7) is 2.03. The summed E-state index contributed by atoms with van der Waals surface area (Å²) in [5, 5.41) is 0. The van der Waals surface area contributed by atoms with Gasteiger partial charge in [-0.05, 0) is 56.3 Å². The molecule has 0 atom stereocenters. The van der Waals surface area contributed by atoms with Crippen LogP contribution < -0.4 is 0 Å². The molecule has 2 rings (SSSR count). The van der Waals surface area contributed by atoms with E-state index in [0.717, 1.165) is 30.5 Å². The van der Waals surface area contributed by atoms with Gasteiger partial charge in [-0.15, -0.1) is 29.4 Å². The molecular formula is C19H27NS2. The van der Waals surface area contributed by atoms with E-state index in [2.05, 4.69) is 77.6 Å². The summed E-state index contributed by atoms with van der Waals surface area (Å²) in [7, 11) is 2.17. The third-order valence-electron chi connectivity index (χ3n) is 3.72. The van der Waals surface area contributed by atoms with Gasteiger partial charge in [-0.3, -0.25) is 4.90 Å². The Morgan fingerprint density at radius 2 is 1.91 bits per heavy atom. The van der Waals surface area contributed by atoms with Gasteiger partial charge in [0.15, 0.2) is 0 Å². The monoisotopic (exact) mass is 333 g/mol. The van der Waals surface area contributed by atoms with Crippen molar-refractivity contribution in [3.63, 3.8) is 0 Å². The number of thioether (sulfide) groups is 2. The third-order valence-corrected chi connectivity index (χ3v) is 6.80. The molecule has 0 aliphatic carbocycles. The number of benzene rings is 1. The molecule has 1 saturated heterocycles. The lowest BCUT2D eigenvalue weighted by molar-refractivity contribution is 0.369. The van der Waals surface area contributed by atoms with Crippen LogP contribution in [-0.2, 0) is 6.42 Å². The van der Waals surface area contributed by atoms with Gasteiger partial charge in [0, 0.05) is 6.42 Å². The average Bonchev–Trinajstić information content (AvgIpc) is 2.56. The van der Waals surface area contributed by atoms with Crippen molar-refractivity contribution < 1.29 is 0 Å². The lowest BCUT2D eigenvalue weighted by Crippen LogP contribution is -2.20. The number of hydrogen-bond donors (Lipinski definition) is 0. The van der Waals surface area contributed by atoms with Crippen molar-refractivity contribution in [1.29, 1.82) is 0 Å². The average molecular weight is 334 g/mol. The molecule has 0 saturated carbocycles. The zero-order valence-corrected chi connectivity index (χ0v) is 15.2. The van der Waals surface area contributed by atoms with Gasteiger partial charge in [-0.2, -0.15) is 0 Å². The number of aryl methyl sites for hydroxylation is 1. The molecule has 0 unspecified atom stereocenters. The highest BCUT2D eigenvalue weighted by molar-refractivity contribution is 8.17. The highest BCUT2D eigenvalue weighted by atomic mass is 32.2. The molecule has 22 heavy (non-hydrogen) atoms. The second-order valence-corrected chi connectivity index (χ2v) is 8.66. The molecule has 0 amide bonds. The Balaban J connectivity index is 1.52. The molecular weight excluding hydrogens is 306 g/mol. The van der Waals surface area contributed by atoms with Crippen molar-refractivity contribution >= 4 is 23.5 Å². The summed E-state index contributed by atoms with van der Waals surface area (Å²) in [6, 6.07) is 10.7. The van der Waals surface area contributed by atoms with E-state index < -0.39 is 0 Å². The lowest BCUT2D eigenvalue weighted by atomic mass is 10.1. The van der Waals surface area contributed by atoms with Crippen LogP contribution in [0.1, 0.15) is 31.2 Å². The van der Waals surface area contributed by atoms with E-state index in [4.69, 9.17) is 0 Å². The predicted octanol–water partition coefficient (Wildman–Crippen LogP) is 4.53. The van der Waals surface area contributed by atoms with Crippen LogP contribution in [0.2, 0.25) is 0 Å². The summed E-state index contributed by atoms with van der Waals surface area (Å²) in [5.74, 6) is 9.37. The van der Waals surface area contributed by atoms with Gasteiger partial charge in [0.25, 0.3) is 0 Å². The quantitative estimate of drug-likeness (QED) is 0.675. The molecule has 1 aromatic carbocycles. The maximum Gasteiger partial charge on any atom is 0.0599 e. The maximum atomic E-state index is 3.35. The Hall–Kier alpha value is -0.560. The molecule has 0 radical (unpaired) electrons. The van der Waals surface area contributed by atoms with E-state index in [1.165, 1.54) is 36.3 Å². The van der Waals surface area contributed by atoms with Crippen LogP contribution in [0.25, 0.3) is 0 Å². The van der Waals surface area contributed by atoms with Crippen molar-refractivity contribution in [2.75, 3.05) is 31.6 Å². The van der Waals surface area contributed by atoms with Crippen molar-refractivity contribution in [3.05, 3.63) is 35.9 Å². The molecule has 1 aliphatic rings. The third kappa shape index (κ3) is 7.63. The fraction of sp³-hybridized carbons (Fsp3) is 0.579. The van der Waals surface area contributed by atoms with Gasteiger partial charge in [0.1, 0.15) is 0 Å². The van der Waals surface area contributed by atoms with Gasteiger partial charge < -0.3 is 0 Å². The molecule has 0 bridgehead atoms. The zero-order chi connectivity index (χ0) is 15.5. The molecule has 1 aromatic rings. The Bertz CT molecular complexity index is 457. The van der Waals surface area contributed by atoms with Gasteiger partial charge in [0.05, 0.1) is 11.1 Å². The van der Waals surface area contributed by atoms with Gasteiger partial charge in [-0.1, -0.05) is 36.3 Å². The summed E-state index contributed by atoms with van der Waals surface area (Å²) in [5.41, 5.74) is 1.43. The molecule has 1 aliphatic heterocycles. The van der Waals surface area contributed by atoms with E-state index in [-0.39, 0.29) is 0 Å². The topological polar surface area (TPSA) is 3.24 Å². The first-order valence-electron chi connectivity index (χ1n) is 8.26. The summed E-state index contributed by atoms with van der Waals surface area (Å²) in [6.07, 6.45) is 6.06. The maximum absolute atomic E-state index is 3.35. The smallest absolute Gasteiger partial charge is 0.0599 e. The van der Waals surface area contributed by atoms with Crippen LogP contribution in [0.15, 0.2) is 30.3 Å². The van der Waals surface area contributed by atoms with Crippen molar-refractivity contribution in [2.24, 2.45) is 0 Å². The van der Waals surface area contributed by atoms with Crippen LogP contribution in [-0.4, -0.2) is 41.1 Å². The first kappa shape index (κ1) is 17.8. The SMILES string of the molecule is CN(CC#CCCC1SCCCS1)CCCc1ccccc1. The van der Waals surface area contributed by atoms with Gasteiger partial charge in [0.2, 0.25) is 0 Å². The highest BCUT2D eigenvalue weighted by Gasteiger charge is 2.12. The fourth-order valence-corrected chi connectivity index (χ4v) is 5.31. The van der Waals surface area contributed by atoms with E-state index in [1.54, 1.807) is 0 Å². The van der Waals surface area contributed by atoms with Gasteiger partial charge in [-0.25, -0.2) is 0 Å². The minimum atomic E-state index is 0.798. The van der Waals surface area contributed by atoms with E-state index in [9.17, 15) is 0 Å². The first-order chi connectivity index (χ1) is 10.8.